The first-order valence-electron chi connectivity index (χ1n) is 5.43. The first-order valence-corrected chi connectivity index (χ1v) is 5.43. The van der Waals surface area contributed by atoms with Crippen LogP contribution in [0.2, 0.25) is 0 Å². The number of benzene rings is 1. The van der Waals surface area contributed by atoms with Gasteiger partial charge < -0.3 is 4.74 Å². The minimum atomic E-state index is 0.500. The average molecular weight is 204 g/mol. The highest BCUT2D eigenvalue weighted by Crippen LogP contribution is 2.42. The molecule has 1 saturated heterocycles. The van der Waals surface area contributed by atoms with Crippen LogP contribution in [0.3, 0.4) is 0 Å². The first-order chi connectivity index (χ1) is 7.27. The van der Waals surface area contributed by atoms with Crippen LogP contribution in [0.5, 0.6) is 5.75 Å². The van der Waals surface area contributed by atoms with Crippen LogP contribution < -0.4 is 4.74 Å². The Balaban J connectivity index is 2.05. The van der Waals surface area contributed by atoms with E-state index < -0.39 is 0 Å². The van der Waals surface area contributed by atoms with Crippen molar-refractivity contribution >= 4 is 0 Å². The lowest BCUT2D eigenvalue weighted by molar-refractivity contribution is 0.0454. The molecule has 0 amide bonds. The second-order valence-electron chi connectivity index (χ2n) is 4.47. The van der Waals surface area contributed by atoms with Crippen LogP contribution in [0, 0.1) is 5.92 Å². The molecule has 0 N–H and O–H groups in total. The van der Waals surface area contributed by atoms with Gasteiger partial charge in [-0.2, -0.15) is 0 Å². The highest BCUT2D eigenvalue weighted by molar-refractivity contribution is 5.38. The van der Waals surface area contributed by atoms with E-state index in [1.807, 2.05) is 6.07 Å². The number of ether oxygens (including phenoxy) is 1. The smallest absolute Gasteiger partial charge is 0.124 e. The van der Waals surface area contributed by atoms with E-state index in [1.54, 1.807) is 0 Å². The molecule has 3 rings (SSSR count). The van der Waals surface area contributed by atoms with Gasteiger partial charge in [0.05, 0.1) is 12.6 Å². The van der Waals surface area contributed by atoms with E-state index in [2.05, 4.69) is 42.3 Å². The Morgan fingerprint density at radius 1 is 1.27 bits per heavy atom. The maximum Gasteiger partial charge on any atom is 0.124 e. The monoisotopic (exact) mass is 204 g/mol. The van der Waals surface area contributed by atoms with Crippen LogP contribution in [-0.4, -0.2) is 37.3 Å². The van der Waals surface area contributed by atoms with Crippen molar-refractivity contribution in [3.63, 3.8) is 0 Å². The Morgan fingerprint density at radius 3 is 2.93 bits per heavy atom. The van der Waals surface area contributed by atoms with E-state index in [4.69, 9.17) is 4.74 Å². The van der Waals surface area contributed by atoms with Gasteiger partial charge in [-0.3, -0.25) is 0 Å². The fourth-order valence-electron chi connectivity index (χ4n) is 2.74. The van der Waals surface area contributed by atoms with Crippen LogP contribution in [0.4, 0.5) is 0 Å². The molecule has 80 valence electrons. The van der Waals surface area contributed by atoms with Gasteiger partial charge in [0, 0.05) is 32.1 Å². The quantitative estimate of drug-likeness (QED) is 0.637. The van der Waals surface area contributed by atoms with E-state index in [0.717, 1.165) is 18.9 Å². The van der Waals surface area contributed by atoms with Crippen LogP contribution in [0.15, 0.2) is 24.3 Å². The topological polar surface area (TPSA) is 15.7 Å². The third-order valence-electron chi connectivity index (χ3n) is 3.58. The molecule has 0 spiro atoms. The Kier molecular flexibility index (Phi) is 1.97. The second kappa shape index (κ2) is 3.22. The summed E-state index contributed by atoms with van der Waals surface area (Å²) in [5, 5.41) is 4.60. The predicted molar refractivity (Wildman–Crippen MR) is 58.6 cm³/mol. The van der Waals surface area contributed by atoms with E-state index >= 15 is 0 Å². The van der Waals surface area contributed by atoms with Gasteiger partial charge in [0.2, 0.25) is 0 Å². The van der Waals surface area contributed by atoms with Gasteiger partial charge in [0.1, 0.15) is 5.75 Å². The van der Waals surface area contributed by atoms with Gasteiger partial charge in [-0.15, -0.1) is 0 Å². The minimum Gasteiger partial charge on any atom is -0.493 e. The van der Waals surface area contributed by atoms with Crippen molar-refractivity contribution in [2.45, 2.75) is 6.04 Å². The van der Waals surface area contributed by atoms with Crippen molar-refractivity contribution in [2.24, 2.45) is 5.92 Å². The van der Waals surface area contributed by atoms with E-state index in [9.17, 15) is 0 Å². The molecular weight excluding hydrogens is 188 g/mol. The molecule has 1 aromatic carbocycles. The van der Waals surface area contributed by atoms with Crippen LogP contribution in [-0.2, 0) is 0 Å². The van der Waals surface area contributed by atoms with Gasteiger partial charge in [-0.25, -0.2) is 10.0 Å². The van der Waals surface area contributed by atoms with E-state index in [0.29, 0.717) is 12.0 Å². The average Bonchev–Trinajstić information content (AvgIpc) is 2.55. The van der Waals surface area contributed by atoms with Crippen LogP contribution in [0.1, 0.15) is 11.6 Å². The summed E-state index contributed by atoms with van der Waals surface area (Å²) in [4.78, 5) is 0. The number of hydrazine groups is 1. The third kappa shape index (κ3) is 1.27. The van der Waals surface area contributed by atoms with Crippen molar-refractivity contribution < 1.29 is 4.74 Å². The lowest BCUT2D eigenvalue weighted by Crippen LogP contribution is -2.32. The minimum absolute atomic E-state index is 0.500. The molecule has 15 heavy (non-hydrogen) atoms. The lowest BCUT2D eigenvalue weighted by Gasteiger charge is -2.31. The molecule has 2 heterocycles. The van der Waals surface area contributed by atoms with Crippen molar-refractivity contribution in [3.05, 3.63) is 29.8 Å². The Hall–Kier alpha value is -1.06. The summed E-state index contributed by atoms with van der Waals surface area (Å²) in [6, 6.07) is 8.88. The standard InChI is InChI=1S/C12H16N2O/c1-13-7-9-8-15-11-6-4-3-5-10(11)12(9)14(13)2/h3-6,9,12H,7-8H2,1-2H3/t9-,12-/m1/s1. The summed E-state index contributed by atoms with van der Waals surface area (Å²) in [6.07, 6.45) is 0. The normalized spacial score (nSPS) is 30.8. The summed E-state index contributed by atoms with van der Waals surface area (Å²) in [7, 11) is 4.30. The van der Waals surface area contributed by atoms with Gasteiger partial charge in [-0.05, 0) is 6.07 Å². The van der Waals surface area contributed by atoms with Crippen LogP contribution >= 0.6 is 0 Å². The zero-order valence-corrected chi connectivity index (χ0v) is 9.18. The van der Waals surface area contributed by atoms with Crippen molar-refractivity contribution in [1.82, 2.24) is 10.0 Å². The number of hydrogen-bond acceptors (Lipinski definition) is 3. The molecule has 3 heteroatoms. The molecule has 0 bridgehead atoms. The summed E-state index contributed by atoms with van der Waals surface area (Å²) in [5.41, 5.74) is 1.33. The first kappa shape index (κ1) is 9.19. The molecule has 1 aromatic rings. The molecular formula is C12H16N2O. The van der Waals surface area contributed by atoms with E-state index in [1.165, 1.54) is 5.56 Å². The Bertz CT molecular complexity index is 380. The number of hydrogen-bond donors (Lipinski definition) is 0. The number of fused-ring (bicyclic) bond motifs is 3. The summed E-state index contributed by atoms with van der Waals surface area (Å²) in [5.74, 6) is 1.66. The molecule has 1 fully saturated rings. The van der Waals surface area contributed by atoms with Gasteiger partial charge in [0.15, 0.2) is 0 Å². The lowest BCUT2D eigenvalue weighted by atomic mass is 9.92. The number of nitrogens with zero attached hydrogens (tertiary/aromatic N) is 2. The fourth-order valence-corrected chi connectivity index (χ4v) is 2.74. The van der Waals surface area contributed by atoms with Gasteiger partial charge in [0.25, 0.3) is 0 Å². The van der Waals surface area contributed by atoms with Crippen molar-refractivity contribution in [2.75, 3.05) is 27.2 Å². The summed E-state index contributed by atoms with van der Waals surface area (Å²) < 4.78 is 5.78. The van der Waals surface area contributed by atoms with Crippen LogP contribution in [0.25, 0.3) is 0 Å². The summed E-state index contributed by atoms with van der Waals surface area (Å²) >= 11 is 0. The molecule has 0 radical (unpaired) electrons. The molecule has 2 aliphatic rings. The number of para-hydroxylation sites is 1. The molecule has 0 saturated carbocycles. The van der Waals surface area contributed by atoms with Crippen molar-refractivity contribution in [1.29, 1.82) is 0 Å². The van der Waals surface area contributed by atoms with Crippen molar-refractivity contribution in [3.8, 4) is 5.75 Å². The fraction of sp³-hybridized carbons (Fsp3) is 0.500. The SMILES string of the molecule is CN1C[C@@H]2COc3ccccc3[C@@H]2N1C. The van der Waals surface area contributed by atoms with Gasteiger partial charge in [-0.1, -0.05) is 18.2 Å². The third-order valence-corrected chi connectivity index (χ3v) is 3.58. The molecule has 0 aliphatic carbocycles. The predicted octanol–water partition coefficient (Wildman–Crippen LogP) is 1.53. The van der Waals surface area contributed by atoms with Gasteiger partial charge >= 0.3 is 0 Å². The summed E-state index contributed by atoms with van der Waals surface area (Å²) in [6.45, 7) is 1.94. The zero-order valence-electron chi connectivity index (χ0n) is 9.18. The molecule has 3 nitrogen and oxygen atoms in total. The molecule has 0 aromatic heterocycles. The largest absolute Gasteiger partial charge is 0.493 e. The molecule has 0 unspecified atom stereocenters. The zero-order chi connectivity index (χ0) is 10.4. The highest BCUT2D eigenvalue weighted by Gasteiger charge is 2.41. The molecule has 2 atom stereocenters. The highest BCUT2D eigenvalue weighted by atomic mass is 16.5. The Labute approximate surface area is 90.2 Å². The Morgan fingerprint density at radius 2 is 2.07 bits per heavy atom. The second-order valence-corrected chi connectivity index (χ2v) is 4.47. The maximum absolute atomic E-state index is 5.78. The molecule has 2 aliphatic heterocycles. The number of rotatable bonds is 0. The van der Waals surface area contributed by atoms with E-state index in [-0.39, 0.29) is 0 Å². The maximum atomic E-state index is 5.78.